The van der Waals surface area contributed by atoms with E-state index in [4.69, 9.17) is 4.74 Å². The Labute approximate surface area is 97.6 Å². The second-order valence-electron chi connectivity index (χ2n) is 4.00. The van der Waals surface area contributed by atoms with Crippen LogP contribution in [0.15, 0.2) is 18.2 Å². The molecule has 2 nitrogen and oxygen atoms in total. The van der Waals surface area contributed by atoms with E-state index in [1.807, 2.05) is 32.0 Å². The molecule has 0 aliphatic carbocycles. The molecule has 0 fully saturated rings. The molecule has 0 bridgehead atoms. The number of carbonyl (C=O) groups excluding carboxylic acids is 1. The number of rotatable bonds is 6. The van der Waals surface area contributed by atoms with Crippen molar-refractivity contribution in [1.29, 1.82) is 0 Å². The van der Waals surface area contributed by atoms with Gasteiger partial charge in [0.1, 0.15) is 5.75 Å². The van der Waals surface area contributed by atoms with E-state index in [1.165, 1.54) is 0 Å². The Balaban J connectivity index is 2.78. The van der Waals surface area contributed by atoms with Crippen LogP contribution in [-0.4, -0.2) is 12.4 Å². The molecule has 0 N–H and O–H groups in total. The maximum Gasteiger partial charge on any atom is 0.163 e. The number of ether oxygens (including phenoxy) is 1. The first-order valence-electron chi connectivity index (χ1n) is 5.95. The number of ketones is 1. The van der Waals surface area contributed by atoms with Crippen LogP contribution in [0.1, 0.15) is 49.0 Å². The summed E-state index contributed by atoms with van der Waals surface area (Å²) in [6, 6.07) is 5.70. The van der Waals surface area contributed by atoms with Crippen molar-refractivity contribution >= 4 is 5.78 Å². The Morgan fingerprint density at radius 3 is 2.56 bits per heavy atom. The second-order valence-corrected chi connectivity index (χ2v) is 4.00. The standard InChI is InChI=1S/C14H20O2/c1-4-6-14(15)13-8-7-12(10-11(13)3)16-9-5-2/h7-8,10H,4-6,9H2,1-3H3. The molecule has 0 atom stereocenters. The van der Waals surface area contributed by atoms with Gasteiger partial charge in [0, 0.05) is 12.0 Å². The van der Waals surface area contributed by atoms with Crippen LogP contribution in [0, 0.1) is 6.92 Å². The van der Waals surface area contributed by atoms with Crippen molar-refractivity contribution in [3.05, 3.63) is 29.3 Å². The van der Waals surface area contributed by atoms with Gasteiger partial charge in [0.25, 0.3) is 0 Å². The molecule has 0 spiro atoms. The Morgan fingerprint density at radius 2 is 2.00 bits per heavy atom. The first-order valence-corrected chi connectivity index (χ1v) is 5.95. The van der Waals surface area contributed by atoms with Crippen LogP contribution in [0.2, 0.25) is 0 Å². The topological polar surface area (TPSA) is 26.3 Å². The van der Waals surface area contributed by atoms with Crippen LogP contribution < -0.4 is 4.74 Å². The summed E-state index contributed by atoms with van der Waals surface area (Å²) < 4.78 is 5.52. The molecule has 0 amide bonds. The molecule has 1 aromatic rings. The molecular formula is C14H20O2. The quantitative estimate of drug-likeness (QED) is 0.682. The van der Waals surface area contributed by atoms with E-state index in [2.05, 4.69) is 6.92 Å². The predicted molar refractivity (Wildman–Crippen MR) is 66.2 cm³/mol. The van der Waals surface area contributed by atoms with Gasteiger partial charge in [-0.25, -0.2) is 0 Å². The van der Waals surface area contributed by atoms with Gasteiger partial charge in [0.2, 0.25) is 0 Å². The van der Waals surface area contributed by atoms with E-state index < -0.39 is 0 Å². The zero-order valence-electron chi connectivity index (χ0n) is 10.4. The van der Waals surface area contributed by atoms with Gasteiger partial charge in [-0.3, -0.25) is 4.79 Å². The maximum atomic E-state index is 11.8. The zero-order chi connectivity index (χ0) is 12.0. The minimum absolute atomic E-state index is 0.224. The average Bonchev–Trinajstić information content (AvgIpc) is 2.26. The van der Waals surface area contributed by atoms with Crippen molar-refractivity contribution in [3.8, 4) is 5.75 Å². The molecule has 0 saturated carbocycles. The third-order valence-electron chi connectivity index (χ3n) is 2.45. The van der Waals surface area contributed by atoms with Gasteiger partial charge in [-0.05, 0) is 43.5 Å². The van der Waals surface area contributed by atoms with Gasteiger partial charge in [-0.15, -0.1) is 0 Å². The first kappa shape index (κ1) is 12.8. The monoisotopic (exact) mass is 220 g/mol. The van der Waals surface area contributed by atoms with E-state index in [0.717, 1.165) is 36.3 Å². The SMILES string of the molecule is CCCOc1ccc(C(=O)CCC)c(C)c1. The molecule has 1 rings (SSSR count). The second kappa shape index (κ2) is 6.31. The van der Waals surface area contributed by atoms with E-state index in [0.29, 0.717) is 6.42 Å². The van der Waals surface area contributed by atoms with Crippen molar-refractivity contribution in [2.75, 3.05) is 6.61 Å². The summed E-state index contributed by atoms with van der Waals surface area (Å²) in [6.45, 7) is 6.78. The minimum Gasteiger partial charge on any atom is -0.494 e. The molecular weight excluding hydrogens is 200 g/mol. The summed E-state index contributed by atoms with van der Waals surface area (Å²) in [7, 11) is 0. The van der Waals surface area contributed by atoms with Crippen LogP contribution >= 0.6 is 0 Å². The van der Waals surface area contributed by atoms with E-state index in [-0.39, 0.29) is 5.78 Å². The molecule has 0 heterocycles. The van der Waals surface area contributed by atoms with E-state index in [1.54, 1.807) is 0 Å². The molecule has 0 unspecified atom stereocenters. The van der Waals surface area contributed by atoms with Gasteiger partial charge in [0.05, 0.1) is 6.61 Å². The lowest BCUT2D eigenvalue weighted by Crippen LogP contribution is -2.02. The Morgan fingerprint density at radius 1 is 1.25 bits per heavy atom. The maximum absolute atomic E-state index is 11.8. The highest BCUT2D eigenvalue weighted by atomic mass is 16.5. The lowest BCUT2D eigenvalue weighted by Gasteiger charge is -2.08. The van der Waals surface area contributed by atoms with Crippen molar-refractivity contribution in [3.63, 3.8) is 0 Å². The largest absolute Gasteiger partial charge is 0.494 e. The third-order valence-corrected chi connectivity index (χ3v) is 2.45. The first-order chi connectivity index (χ1) is 7.69. The molecule has 0 aliphatic rings. The third kappa shape index (κ3) is 3.37. The van der Waals surface area contributed by atoms with Crippen molar-refractivity contribution < 1.29 is 9.53 Å². The van der Waals surface area contributed by atoms with Gasteiger partial charge in [-0.2, -0.15) is 0 Å². The molecule has 0 radical (unpaired) electrons. The fourth-order valence-electron chi connectivity index (χ4n) is 1.62. The van der Waals surface area contributed by atoms with Crippen LogP contribution in [0.5, 0.6) is 5.75 Å². The summed E-state index contributed by atoms with van der Waals surface area (Å²) >= 11 is 0. The fraction of sp³-hybridized carbons (Fsp3) is 0.500. The number of hydrogen-bond acceptors (Lipinski definition) is 2. The Hall–Kier alpha value is -1.31. The molecule has 0 aliphatic heterocycles. The van der Waals surface area contributed by atoms with Gasteiger partial charge < -0.3 is 4.74 Å². The number of hydrogen-bond donors (Lipinski definition) is 0. The fourth-order valence-corrected chi connectivity index (χ4v) is 1.62. The van der Waals surface area contributed by atoms with Gasteiger partial charge in [0.15, 0.2) is 5.78 Å². The van der Waals surface area contributed by atoms with Crippen LogP contribution in [0.4, 0.5) is 0 Å². The molecule has 0 saturated heterocycles. The Kier molecular flexibility index (Phi) is 5.03. The molecule has 0 aromatic heterocycles. The Bertz CT molecular complexity index is 356. The summed E-state index contributed by atoms with van der Waals surface area (Å²) in [5.41, 5.74) is 1.83. The summed E-state index contributed by atoms with van der Waals surface area (Å²) in [4.78, 5) is 11.8. The highest BCUT2D eigenvalue weighted by Gasteiger charge is 2.08. The summed E-state index contributed by atoms with van der Waals surface area (Å²) in [5.74, 6) is 1.08. The van der Waals surface area contributed by atoms with Crippen molar-refractivity contribution in [2.24, 2.45) is 0 Å². The molecule has 1 aromatic carbocycles. The predicted octanol–water partition coefficient (Wildman–Crippen LogP) is 3.77. The van der Waals surface area contributed by atoms with E-state index >= 15 is 0 Å². The number of Topliss-reactive ketones (excluding diaryl/α,β-unsaturated/α-hetero) is 1. The van der Waals surface area contributed by atoms with Crippen LogP contribution in [-0.2, 0) is 0 Å². The lowest BCUT2D eigenvalue weighted by atomic mass is 10.0. The lowest BCUT2D eigenvalue weighted by molar-refractivity contribution is 0.0981. The molecule has 88 valence electrons. The molecule has 16 heavy (non-hydrogen) atoms. The summed E-state index contributed by atoms with van der Waals surface area (Å²) in [6.07, 6.45) is 2.51. The normalized spacial score (nSPS) is 10.2. The van der Waals surface area contributed by atoms with Gasteiger partial charge >= 0.3 is 0 Å². The van der Waals surface area contributed by atoms with Crippen LogP contribution in [0.3, 0.4) is 0 Å². The number of carbonyl (C=O) groups is 1. The van der Waals surface area contributed by atoms with Crippen LogP contribution in [0.25, 0.3) is 0 Å². The highest BCUT2D eigenvalue weighted by molar-refractivity contribution is 5.97. The van der Waals surface area contributed by atoms with Crippen molar-refractivity contribution in [1.82, 2.24) is 0 Å². The molecule has 2 heteroatoms. The smallest absolute Gasteiger partial charge is 0.163 e. The van der Waals surface area contributed by atoms with Gasteiger partial charge in [-0.1, -0.05) is 13.8 Å². The van der Waals surface area contributed by atoms with E-state index in [9.17, 15) is 4.79 Å². The van der Waals surface area contributed by atoms with Crippen molar-refractivity contribution in [2.45, 2.75) is 40.0 Å². The average molecular weight is 220 g/mol. The number of aryl methyl sites for hydroxylation is 1. The highest BCUT2D eigenvalue weighted by Crippen LogP contribution is 2.19. The zero-order valence-corrected chi connectivity index (χ0v) is 10.4. The number of benzene rings is 1. The summed E-state index contributed by atoms with van der Waals surface area (Å²) in [5, 5.41) is 0. The minimum atomic E-state index is 0.224.